The van der Waals surface area contributed by atoms with Crippen LogP contribution in [0.4, 0.5) is 5.69 Å². The van der Waals surface area contributed by atoms with Crippen molar-refractivity contribution in [1.82, 2.24) is 4.31 Å². The molecule has 114 valence electrons. The standard InChI is InChI=1S/C10H16ClN3O4S2/c1-7(2)14(3)20(17,18)13-10-6-8(19(12,15)16)4-5-9(10)11/h4-7,13H,1-3H3,(H2,12,15,16). The summed E-state index contributed by atoms with van der Waals surface area (Å²) in [6.07, 6.45) is 0. The molecule has 7 nitrogen and oxygen atoms in total. The van der Waals surface area contributed by atoms with Crippen LogP contribution in [0.5, 0.6) is 0 Å². The molecule has 0 aliphatic carbocycles. The molecular weight excluding hydrogens is 326 g/mol. The van der Waals surface area contributed by atoms with Crippen LogP contribution in [-0.4, -0.2) is 34.2 Å². The third-order valence-electron chi connectivity index (χ3n) is 2.61. The topological polar surface area (TPSA) is 110 Å². The molecule has 0 aromatic heterocycles. The minimum Gasteiger partial charge on any atom is -0.269 e. The number of hydrogen-bond donors (Lipinski definition) is 2. The SMILES string of the molecule is CC(C)N(C)S(=O)(=O)Nc1cc(S(N)(=O)=O)ccc1Cl. The van der Waals surface area contributed by atoms with E-state index in [4.69, 9.17) is 16.7 Å². The first-order chi connectivity index (χ1) is 8.95. The predicted molar refractivity (Wildman–Crippen MR) is 78.3 cm³/mol. The van der Waals surface area contributed by atoms with E-state index < -0.39 is 20.2 Å². The second-order valence-electron chi connectivity index (χ2n) is 4.40. The maximum atomic E-state index is 12.0. The van der Waals surface area contributed by atoms with E-state index >= 15 is 0 Å². The van der Waals surface area contributed by atoms with Crippen molar-refractivity contribution in [3.8, 4) is 0 Å². The van der Waals surface area contributed by atoms with Gasteiger partial charge < -0.3 is 0 Å². The zero-order chi connectivity index (χ0) is 15.7. The van der Waals surface area contributed by atoms with Crippen molar-refractivity contribution in [2.24, 2.45) is 5.14 Å². The molecule has 0 unspecified atom stereocenters. The fourth-order valence-corrected chi connectivity index (χ4v) is 3.15. The number of rotatable bonds is 5. The molecule has 0 atom stereocenters. The Balaban J connectivity index is 3.22. The number of benzene rings is 1. The van der Waals surface area contributed by atoms with Crippen LogP contribution < -0.4 is 9.86 Å². The van der Waals surface area contributed by atoms with Gasteiger partial charge in [0.2, 0.25) is 10.0 Å². The lowest BCUT2D eigenvalue weighted by molar-refractivity contribution is 0.414. The zero-order valence-electron chi connectivity index (χ0n) is 11.2. The largest absolute Gasteiger partial charge is 0.301 e. The Hall–Kier alpha value is -0.870. The molecule has 0 amide bonds. The van der Waals surface area contributed by atoms with Gasteiger partial charge in [-0.3, -0.25) is 4.72 Å². The van der Waals surface area contributed by atoms with Crippen molar-refractivity contribution >= 4 is 37.5 Å². The quantitative estimate of drug-likeness (QED) is 0.831. The Kier molecular flexibility index (Phi) is 5.03. The maximum Gasteiger partial charge on any atom is 0.301 e. The van der Waals surface area contributed by atoms with E-state index in [2.05, 4.69) is 4.72 Å². The summed E-state index contributed by atoms with van der Waals surface area (Å²) >= 11 is 5.86. The lowest BCUT2D eigenvalue weighted by atomic mass is 10.3. The number of halogens is 1. The van der Waals surface area contributed by atoms with Gasteiger partial charge in [-0.25, -0.2) is 13.6 Å². The van der Waals surface area contributed by atoms with Gasteiger partial charge in [0.15, 0.2) is 0 Å². The van der Waals surface area contributed by atoms with Crippen molar-refractivity contribution in [3.63, 3.8) is 0 Å². The molecule has 0 fully saturated rings. The van der Waals surface area contributed by atoms with Crippen LogP contribution in [0.2, 0.25) is 5.02 Å². The van der Waals surface area contributed by atoms with Gasteiger partial charge in [-0.1, -0.05) is 11.6 Å². The normalized spacial score (nSPS) is 12.9. The monoisotopic (exact) mass is 341 g/mol. The van der Waals surface area contributed by atoms with E-state index in [-0.39, 0.29) is 21.6 Å². The number of nitrogens with two attached hydrogens (primary N) is 1. The molecule has 3 N–H and O–H groups in total. The molecule has 0 heterocycles. The summed E-state index contributed by atoms with van der Waals surface area (Å²) in [6, 6.07) is 3.26. The molecule has 0 bridgehead atoms. The van der Waals surface area contributed by atoms with Crippen LogP contribution >= 0.6 is 11.6 Å². The van der Waals surface area contributed by atoms with Crippen LogP contribution in [0.15, 0.2) is 23.1 Å². The number of anilines is 1. The summed E-state index contributed by atoms with van der Waals surface area (Å²) in [6.45, 7) is 3.39. The van der Waals surface area contributed by atoms with Gasteiger partial charge in [-0.15, -0.1) is 0 Å². The number of primary sulfonamides is 1. The maximum absolute atomic E-state index is 12.0. The highest BCUT2D eigenvalue weighted by atomic mass is 35.5. The van der Waals surface area contributed by atoms with Crippen molar-refractivity contribution in [2.45, 2.75) is 24.8 Å². The molecule has 1 aromatic rings. The van der Waals surface area contributed by atoms with Crippen molar-refractivity contribution in [3.05, 3.63) is 23.2 Å². The van der Waals surface area contributed by atoms with Gasteiger partial charge in [0, 0.05) is 13.1 Å². The minimum atomic E-state index is -3.94. The summed E-state index contributed by atoms with van der Waals surface area (Å²) in [5.74, 6) is 0. The molecule has 20 heavy (non-hydrogen) atoms. The van der Waals surface area contributed by atoms with Crippen LogP contribution in [0.25, 0.3) is 0 Å². The first kappa shape index (κ1) is 17.2. The summed E-state index contributed by atoms with van der Waals surface area (Å²) in [5, 5.41) is 5.06. The molecule has 0 saturated carbocycles. The number of nitrogens with one attached hydrogen (secondary N) is 1. The lowest BCUT2D eigenvalue weighted by Crippen LogP contribution is -2.37. The summed E-state index contributed by atoms with van der Waals surface area (Å²) in [4.78, 5) is -0.230. The summed E-state index contributed by atoms with van der Waals surface area (Å²) in [7, 11) is -6.38. The summed E-state index contributed by atoms with van der Waals surface area (Å²) in [5.41, 5.74) is -0.0503. The first-order valence-electron chi connectivity index (χ1n) is 5.53. The summed E-state index contributed by atoms with van der Waals surface area (Å²) < 4.78 is 49.9. The van der Waals surface area contributed by atoms with Gasteiger partial charge in [-0.05, 0) is 32.0 Å². The van der Waals surface area contributed by atoms with E-state index in [1.807, 2.05) is 0 Å². The lowest BCUT2D eigenvalue weighted by Gasteiger charge is -2.22. The van der Waals surface area contributed by atoms with E-state index in [0.29, 0.717) is 0 Å². The van der Waals surface area contributed by atoms with E-state index in [1.165, 1.54) is 19.2 Å². The smallest absolute Gasteiger partial charge is 0.269 e. The Morgan fingerprint density at radius 1 is 1.25 bits per heavy atom. The highest BCUT2D eigenvalue weighted by molar-refractivity contribution is 7.90. The number of sulfonamides is 1. The fraction of sp³-hybridized carbons (Fsp3) is 0.400. The molecule has 0 aliphatic rings. The third kappa shape index (κ3) is 4.06. The average molecular weight is 342 g/mol. The molecular formula is C10H16ClN3O4S2. The zero-order valence-corrected chi connectivity index (χ0v) is 13.6. The van der Waals surface area contributed by atoms with Gasteiger partial charge in [0.25, 0.3) is 0 Å². The number of hydrogen-bond acceptors (Lipinski definition) is 4. The minimum absolute atomic E-state index is 0.0503. The van der Waals surface area contributed by atoms with Gasteiger partial charge in [0.05, 0.1) is 15.6 Å². The van der Waals surface area contributed by atoms with E-state index in [1.54, 1.807) is 13.8 Å². The molecule has 1 aromatic carbocycles. The second-order valence-corrected chi connectivity index (χ2v) is 8.10. The molecule has 0 radical (unpaired) electrons. The average Bonchev–Trinajstić information content (AvgIpc) is 2.29. The van der Waals surface area contributed by atoms with Crippen molar-refractivity contribution in [2.75, 3.05) is 11.8 Å². The van der Waals surface area contributed by atoms with Crippen molar-refractivity contribution in [1.29, 1.82) is 0 Å². The molecule has 0 aliphatic heterocycles. The van der Waals surface area contributed by atoms with Crippen molar-refractivity contribution < 1.29 is 16.8 Å². The van der Waals surface area contributed by atoms with Gasteiger partial charge >= 0.3 is 10.2 Å². The molecule has 0 spiro atoms. The fourth-order valence-electron chi connectivity index (χ4n) is 1.25. The Morgan fingerprint density at radius 3 is 2.25 bits per heavy atom. The van der Waals surface area contributed by atoms with Crippen LogP contribution in [-0.2, 0) is 20.2 Å². The van der Waals surface area contributed by atoms with Gasteiger partial charge in [-0.2, -0.15) is 12.7 Å². The van der Waals surface area contributed by atoms with Crippen LogP contribution in [0, 0.1) is 0 Å². The number of nitrogens with zero attached hydrogens (tertiary/aromatic N) is 1. The van der Waals surface area contributed by atoms with Crippen LogP contribution in [0.3, 0.4) is 0 Å². The Labute approximate surface area is 124 Å². The second kappa shape index (κ2) is 5.86. The molecule has 0 saturated heterocycles. The van der Waals surface area contributed by atoms with Gasteiger partial charge in [0.1, 0.15) is 0 Å². The highest BCUT2D eigenvalue weighted by Crippen LogP contribution is 2.26. The van der Waals surface area contributed by atoms with E-state index in [0.717, 1.165) is 10.4 Å². The Morgan fingerprint density at radius 2 is 1.80 bits per heavy atom. The Bertz CT molecular complexity index is 701. The predicted octanol–water partition coefficient (Wildman–Crippen LogP) is 0.984. The van der Waals surface area contributed by atoms with E-state index in [9.17, 15) is 16.8 Å². The third-order valence-corrected chi connectivity index (χ3v) is 5.51. The molecule has 1 rings (SSSR count). The molecule has 10 heteroatoms. The highest BCUT2D eigenvalue weighted by Gasteiger charge is 2.22. The van der Waals surface area contributed by atoms with Crippen LogP contribution in [0.1, 0.15) is 13.8 Å². The first-order valence-corrected chi connectivity index (χ1v) is 8.89.